The van der Waals surface area contributed by atoms with Gasteiger partial charge >= 0.3 is 5.97 Å². The lowest BCUT2D eigenvalue weighted by molar-refractivity contribution is -0.131. The summed E-state index contributed by atoms with van der Waals surface area (Å²) in [5.74, 6) is -0.112. The summed E-state index contributed by atoms with van der Waals surface area (Å²) in [5, 5.41) is 2.69. The molecule has 0 radical (unpaired) electrons. The van der Waals surface area contributed by atoms with Crippen molar-refractivity contribution in [3.63, 3.8) is 0 Å². The average molecular weight is 233 g/mol. The molecule has 0 atom stereocenters. The zero-order valence-corrected chi connectivity index (χ0v) is 10.0. The van der Waals surface area contributed by atoms with Crippen LogP contribution >= 0.6 is 0 Å². The first-order valence-corrected chi connectivity index (χ1v) is 5.68. The molecule has 1 aliphatic carbocycles. The van der Waals surface area contributed by atoms with Crippen LogP contribution in [-0.2, 0) is 22.4 Å². The fraction of sp³-hybridized carbons (Fsp3) is 0.385. The number of benzene rings is 1. The van der Waals surface area contributed by atoms with Gasteiger partial charge in [0.15, 0.2) is 5.75 Å². The van der Waals surface area contributed by atoms with E-state index < -0.39 is 0 Å². The van der Waals surface area contributed by atoms with Gasteiger partial charge in [0.25, 0.3) is 0 Å². The van der Waals surface area contributed by atoms with Crippen molar-refractivity contribution in [2.45, 2.75) is 33.1 Å². The van der Waals surface area contributed by atoms with Gasteiger partial charge in [-0.1, -0.05) is 0 Å². The first-order valence-electron chi connectivity index (χ1n) is 5.68. The Bertz CT molecular complexity index is 437. The molecule has 0 spiro atoms. The van der Waals surface area contributed by atoms with Gasteiger partial charge in [0.05, 0.1) is 5.69 Å². The molecule has 1 N–H and O–H groups in total. The normalized spacial score (nSPS) is 13.1. The van der Waals surface area contributed by atoms with Crippen LogP contribution in [0.15, 0.2) is 12.1 Å². The molecule has 4 heteroatoms. The first-order chi connectivity index (χ1) is 8.06. The van der Waals surface area contributed by atoms with Crippen molar-refractivity contribution < 1.29 is 14.3 Å². The molecule has 0 heterocycles. The number of carbonyl (C=O) groups excluding carboxylic acids is 2. The zero-order valence-electron chi connectivity index (χ0n) is 10.0. The topological polar surface area (TPSA) is 55.4 Å². The van der Waals surface area contributed by atoms with E-state index in [0.29, 0.717) is 11.4 Å². The summed E-state index contributed by atoms with van der Waals surface area (Å²) in [6.07, 6.45) is 3.13. The molecule has 1 amide bonds. The van der Waals surface area contributed by atoms with E-state index >= 15 is 0 Å². The maximum absolute atomic E-state index is 11.1. The minimum Gasteiger partial charge on any atom is -0.424 e. The number of hydrogen-bond donors (Lipinski definition) is 1. The predicted octanol–water partition coefficient (Wildman–Crippen LogP) is 2.06. The van der Waals surface area contributed by atoms with E-state index in [1.165, 1.54) is 25.0 Å². The van der Waals surface area contributed by atoms with Crippen molar-refractivity contribution in [3.05, 3.63) is 23.3 Å². The highest BCUT2D eigenvalue weighted by atomic mass is 16.5. The average Bonchev–Trinajstić information content (AvgIpc) is 2.63. The standard InChI is InChI=1S/C13H15NO3/c1-8(15)14-12-6-10-4-3-5-11(10)7-13(12)17-9(2)16/h6-7H,3-5H2,1-2H3,(H,14,15). The van der Waals surface area contributed by atoms with Crippen LogP contribution in [0.25, 0.3) is 0 Å². The molecule has 4 nitrogen and oxygen atoms in total. The minimum absolute atomic E-state index is 0.170. The summed E-state index contributed by atoms with van der Waals surface area (Å²) >= 11 is 0. The largest absolute Gasteiger partial charge is 0.424 e. The summed E-state index contributed by atoms with van der Waals surface area (Å²) in [5.41, 5.74) is 3.01. The Morgan fingerprint density at radius 3 is 2.41 bits per heavy atom. The summed E-state index contributed by atoms with van der Waals surface area (Å²) in [6.45, 7) is 2.79. The fourth-order valence-electron chi connectivity index (χ4n) is 2.13. The molecule has 17 heavy (non-hydrogen) atoms. The molecule has 0 bridgehead atoms. The lowest BCUT2D eigenvalue weighted by atomic mass is 10.1. The van der Waals surface area contributed by atoms with Gasteiger partial charge < -0.3 is 10.1 Å². The third-order valence-electron chi connectivity index (χ3n) is 2.76. The van der Waals surface area contributed by atoms with Crippen LogP contribution < -0.4 is 10.1 Å². The molecule has 1 aliphatic rings. The van der Waals surface area contributed by atoms with Crippen LogP contribution in [0.3, 0.4) is 0 Å². The van der Waals surface area contributed by atoms with E-state index in [1.54, 1.807) is 0 Å². The molecular weight excluding hydrogens is 218 g/mol. The van der Waals surface area contributed by atoms with E-state index in [9.17, 15) is 9.59 Å². The molecule has 0 unspecified atom stereocenters. The lowest BCUT2D eigenvalue weighted by Gasteiger charge is -2.12. The first kappa shape index (κ1) is 11.6. The van der Waals surface area contributed by atoms with Crippen molar-refractivity contribution in [2.24, 2.45) is 0 Å². The summed E-state index contributed by atoms with van der Waals surface area (Å²) in [6, 6.07) is 3.76. The van der Waals surface area contributed by atoms with Crippen molar-refractivity contribution in [1.29, 1.82) is 0 Å². The lowest BCUT2D eigenvalue weighted by Crippen LogP contribution is -2.10. The number of carbonyl (C=O) groups is 2. The van der Waals surface area contributed by atoms with Gasteiger partial charge in [-0.2, -0.15) is 0 Å². The minimum atomic E-state index is -0.380. The molecule has 1 aromatic carbocycles. The van der Waals surface area contributed by atoms with Crippen molar-refractivity contribution in [3.8, 4) is 5.75 Å². The molecule has 0 aromatic heterocycles. The van der Waals surface area contributed by atoms with Gasteiger partial charge in [0, 0.05) is 13.8 Å². The number of anilines is 1. The molecule has 90 valence electrons. The van der Waals surface area contributed by atoms with E-state index in [4.69, 9.17) is 4.74 Å². The Balaban J connectivity index is 2.39. The van der Waals surface area contributed by atoms with Crippen LogP contribution in [-0.4, -0.2) is 11.9 Å². The molecule has 0 fully saturated rings. The van der Waals surface area contributed by atoms with Gasteiger partial charge in [-0.15, -0.1) is 0 Å². The highest BCUT2D eigenvalue weighted by molar-refractivity contribution is 5.91. The van der Waals surface area contributed by atoms with Gasteiger partial charge in [0.1, 0.15) is 0 Å². The zero-order chi connectivity index (χ0) is 12.4. The Morgan fingerprint density at radius 1 is 1.18 bits per heavy atom. The van der Waals surface area contributed by atoms with Crippen LogP contribution in [0.4, 0.5) is 5.69 Å². The number of hydrogen-bond acceptors (Lipinski definition) is 3. The summed E-state index contributed by atoms with van der Waals surface area (Å²) in [7, 11) is 0. The van der Waals surface area contributed by atoms with E-state index in [1.807, 2.05) is 12.1 Å². The number of esters is 1. The Morgan fingerprint density at radius 2 is 1.82 bits per heavy atom. The molecule has 0 saturated heterocycles. The summed E-state index contributed by atoms with van der Waals surface area (Å²) in [4.78, 5) is 22.1. The molecular formula is C13H15NO3. The predicted molar refractivity (Wildman–Crippen MR) is 64.1 cm³/mol. The number of aryl methyl sites for hydroxylation is 2. The highest BCUT2D eigenvalue weighted by Gasteiger charge is 2.17. The van der Waals surface area contributed by atoms with Crippen LogP contribution in [0.5, 0.6) is 5.75 Å². The van der Waals surface area contributed by atoms with E-state index in [0.717, 1.165) is 19.3 Å². The quantitative estimate of drug-likeness (QED) is 0.628. The molecule has 1 aromatic rings. The number of nitrogens with one attached hydrogen (secondary N) is 1. The van der Waals surface area contributed by atoms with Crippen LogP contribution in [0.1, 0.15) is 31.4 Å². The van der Waals surface area contributed by atoms with Gasteiger partial charge in [-0.05, 0) is 42.5 Å². The van der Waals surface area contributed by atoms with Gasteiger partial charge in [-0.3, -0.25) is 9.59 Å². The Kier molecular flexibility index (Phi) is 3.13. The molecule has 0 saturated carbocycles. The number of ether oxygens (including phenoxy) is 1. The fourth-order valence-corrected chi connectivity index (χ4v) is 2.13. The van der Waals surface area contributed by atoms with Gasteiger partial charge in [0.2, 0.25) is 5.91 Å². The van der Waals surface area contributed by atoms with Crippen molar-refractivity contribution in [1.82, 2.24) is 0 Å². The van der Waals surface area contributed by atoms with Crippen LogP contribution in [0, 0.1) is 0 Å². The van der Waals surface area contributed by atoms with Crippen LogP contribution in [0.2, 0.25) is 0 Å². The van der Waals surface area contributed by atoms with Gasteiger partial charge in [-0.25, -0.2) is 0 Å². The van der Waals surface area contributed by atoms with E-state index in [2.05, 4.69) is 5.32 Å². The molecule has 2 rings (SSSR count). The smallest absolute Gasteiger partial charge is 0.308 e. The molecule has 0 aliphatic heterocycles. The SMILES string of the molecule is CC(=O)Nc1cc2c(cc1OC(C)=O)CCC2. The third kappa shape index (κ3) is 2.64. The van der Waals surface area contributed by atoms with E-state index in [-0.39, 0.29) is 11.9 Å². The number of rotatable bonds is 2. The summed E-state index contributed by atoms with van der Waals surface area (Å²) < 4.78 is 5.12. The van der Waals surface area contributed by atoms with Crippen molar-refractivity contribution in [2.75, 3.05) is 5.32 Å². The second-order valence-corrected chi connectivity index (χ2v) is 4.25. The number of fused-ring (bicyclic) bond motifs is 1. The Hall–Kier alpha value is -1.84. The van der Waals surface area contributed by atoms with Crippen molar-refractivity contribution >= 4 is 17.6 Å². The number of amides is 1. The second-order valence-electron chi connectivity index (χ2n) is 4.25. The maximum Gasteiger partial charge on any atom is 0.308 e. The third-order valence-corrected chi connectivity index (χ3v) is 2.76. The Labute approximate surface area is 100.0 Å². The monoisotopic (exact) mass is 233 g/mol. The second kappa shape index (κ2) is 4.57. The highest BCUT2D eigenvalue weighted by Crippen LogP contribution is 2.33. The maximum atomic E-state index is 11.1.